The van der Waals surface area contributed by atoms with Gasteiger partial charge < -0.3 is 5.32 Å². The van der Waals surface area contributed by atoms with Crippen molar-refractivity contribution in [2.45, 2.75) is 26.2 Å². The standard InChI is InChI=1S/C16H19BrN4/c1-2-18-8-11-3-5-14-12(7-11)9-20-16(21-14)15-6-4-13(17)10-19-15/h4,6,9-11,18H,2-3,5,7-8H2,1H3. The molecule has 5 heteroatoms. The van der Waals surface area contributed by atoms with Crippen molar-refractivity contribution >= 4 is 15.9 Å². The smallest absolute Gasteiger partial charge is 0.178 e. The second kappa shape index (κ2) is 6.62. The quantitative estimate of drug-likeness (QED) is 0.924. The predicted molar refractivity (Wildman–Crippen MR) is 87.0 cm³/mol. The summed E-state index contributed by atoms with van der Waals surface area (Å²) in [7, 11) is 0. The van der Waals surface area contributed by atoms with Gasteiger partial charge in [-0.05, 0) is 71.9 Å². The largest absolute Gasteiger partial charge is 0.317 e. The van der Waals surface area contributed by atoms with Gasteiger partial charge >= 0.3 is 0 Å². The minimum Gasteiger partial charge on any atom is -0.317 e. The van der Waals surface area contributed by atoms with Gasteiger partial charge in [0.2, 0.25) is 0 Å². The van der Waals surface area contributed by atoms with Crippen LogP contribution in [0.2, 0.25) is 0 Å². The summed E-state index contributed by atoms with van der Waals surface area (Å²) in [4.78, 5) is 13.6. The Labute approximate surface area is 133 Å². The zero-order chi connectivity index (χ0) is 14.7. The van der Waals surface area contributed by atoms with E-state index in [0.29, 0.717) is 5.92 Å². The first kappa shape index (κ1) is 14.6. The number of hydrogen-bond donors (Lipinski definition) is 1. The predicted octanol–water partition coefficient (Wildman–Crippen LogP) is 3.02. The van der Waals surface area contributed by atoms with E-state index in [0.717, 1.165) is 41.9 Å². The van der Waals surface area contributed by atoms with Crippen molar-refractivity contribution in [1.29, 1.82) is 0 Å². The van der Waals surface area contributed by atoms with E-state index in [1.54, 1.807) is 6.20 Å². The number of aromatic nitrogens is 3. The molecule has 1 aliphatic carbocycles. The van der Waals surface area contributed by atoms with E-state index in [-0.39, 0.29) is 0 Å². The number of pyridine rings is 1. The lowest BCUT2D eigenvalue weighted by atomic mass is 9.87. The highest BCUT2D eigenvalue weighted by molar-refractivity contribution is 9.10. The summed E-state index contributed by atoms with van der Waals surface area (Å²) in [6.45, 7) is 4.28. The number of nitrogens with one attached hydrogen (secondary N) is 1. The maximum absolute atomic E-state index is 4.72. The minimum atomic E-state index is 0.706. The molecule has 0 saturated carbocycles. The van der Waals surface area contributed by atoms with Crippen molar-refractivity contribution in [2.75, 3.05) is 13.1 Å². The molecule has 0 bridgehead atoms. The first-order valence-electron chi connectivity index (χ1n) is 7.43. The summed E-state index contributed by atoms with van der Waals surface area (Å²) in [5.74, 6) is 1.43. The molecule has 0 saturated heterocycles. The highest BCUT2D eigenvalue weighted by Crippen LogP contribution is 2.25. The van der Waals surface area contributed by atoms with Gasteiger partial charge in [-0.2, -0.15) is 0 Å². The van der Waals surface area contributed by atoms with Crippen molar-refractivity contribution in [3.8, 4) is 11.5 Å². The second-order valence-electron chi connectivity index (χ2n) is 5.44. The summed E-state index contributed by atoms with van der Waals surface area (Å²) >= 11 is 3.40. The average Bonchev–Trinajstić information content (AvgIpc) is 2.53. The average molecular weight is 347 g/mol. The molecular weight excluding hydrogens is 328 g/mol. The van der Waals surface area contributed by atoms with Crippen LogP contribution in [0.3, 0.4) is 0 Å². The molecule has 1 atom stereocenters. The summed E-state index contributed by atoms with van der Waals surface area (Å²) in [5.41, 5.74) is 3.32. The van der Waals surface area contributed by atoms with Crippen LogP contribution in [-0.2, 0) is 12.8 Å². The van der Waals surface area contributed by atoms with E-state index in [9.17, 15) is 0 Å². The Kier molecular flexibility index (Phi) is 4.60. The Balaban J connectivity index is 1.78. The van der Waals surface area contributed by atoms with E-state index >= 15 is 0 Å². The molecule has 1 aliphatic rings. The van der Waals surface area contributed by atoms with Gasteiger partial charge in [0.15, 0.2) is 5.82 Å². The van der Waals surface area contributed by atoms with E-state index < -0.39 is 0 Å². The Bertz CT molecular complexity index is 612. The lowest BCUT2D eigenvalue weighted by Gasteiger charge is -2.24. The second-order valence-corrected chi connectivity index (χ2v) is 6.36. The SMILES string of the molecule is CCNCC1CCc2nc(-c3ccc(Br)cn3)ncc2C1. The van der Waals surface area contributed by atoms with E-state index in [1.165, 1.54) is 17.7 Å². The van der Waals surface area contributed by atoms with Gasteiger partial charge in [-0.3, -0.25) is 4.98 Å². The Morgan fingerprint density at radius 3 is 2.95 bits per heavy atom. The Morgan fingerprint density at radius 1 is 1.29 bits per heavy atom. The van der Waals surface area contributed by atoms with Crippen molar-refractivity contribution < 1.29 is 0 Å². The maximum atomic E-state index is 4.72. The fourth-order valence-corrected chi connectivity index (χ4v) is 2.97. The van der Waals surface area contributed by atoms with Crippen molar-refractivity contribution in [1.82, 2.24) is 20.3 Å². The summed E-state index contributed by atoms with van der Waals surface area (Å²) < 4.78 is 0.968. The summed E-state index contributed by atoms with van der Waals surface area (Å²) in [5, 5.41) is 3.44. The molecule has 0 radical (unpaired) electrons. The van der Waals surface area contributed by atoms with Gasteiger partial charge in [0, 0.05) is 22.6 Å². The molecule has 0 aromatic carbocycles. The molecule has 3 rings (SSSR count). The Morgan fingerprint density at radius 2 is 2.19 bits per heavy atom. The molecule has 1 unspecified atom stereocenters. The third kappa shape index (κ3) is 3.47. The number of hydrogen-bond acceptors (Lipinski definition) is 4. The number of aryl methyl sites for hydroxylation is 1. The highest BCUT2D eigenvalue weighted by Gasteiger charge is 2.20. The number of nitrogens with zero attached hydrogens (tertiary/aromatic N) is 3. The van der Waals surface area contributed by atoms with Crippen LogP contribution in [-0.4, -0.2) is 28.0 Å². The van der Waals surface area contributed by atoms with Gasteiger partial charge in [0.05, 0.1) is 0 Å². The molecule has 1 N–H and O–H groups in total. The van der Waals surface area contributed by atoms with Gasteiger partial charge in [-0.15, -0.1) is 0 Å². The van der Waals surface area contributed by atoms with Crippen LogP contribution in [0.1, 0.15) is 24.6 Å². The first-order valence-corrected chi connectivity index (χ1v) is 8.23. The molecule has 2 heterocycles. The van der Waals surface area contributed by atoms with Crippen LogP contribution in [0, 0.1) is 5.92 Å². The molecule has 21 heavy (non-hydrogen) atoms. The lowest BCUT2D eigenvalue weighted by molar-refractivity contribution is 0.424. The maximum Gasteiger partial charge on any atom is 0.178 e. The third-order valence-electron chi connectivity index (χ3n) is 3.89. The van der Waals surface area contributed by atoms with E-state index in [1.807, 2.05) is 18.3 Å². The Hall–Kier alpha value is -1.33. The minimum absolute atomic E-state index is 0.706. The highest BCUT2D eigenvalue weighted by atomic mass is 79.9. The third-order valence-corrected chi connectivity index (χ3v) is 4.36. The van der Waals surface area contributed by atoms with E-state index in [4.69, 9.17) is 4.98 Å². The molecule has 2 aromatic rings. The zero-order valence-electron chi connectivity index (χ0n) is 12.1. The summed E-state index contributed by atoms with van der Waals surface area (Å²) in [6.07, 6.45) is 7.09. The fraction of sp³-hybridized carbons (Fsp3) is 0.438. The number of halogens is 1. The van der Waals surface area contributed by atoms with Crippen molar-refractivity contribution in [3.63, 3.8) is 0 Å². The molecule has 0 fully saturated rings. The summed E-state index contributed by atoms with van der Waals surface area (Å²) in [6, 6.07) is 3.92. The van der Waals surface area contributed by atoms with Gasteiger partial charge in [0.25, 0.3) is 0 Å². The number of rotatable bonds is 4. The molecule has 2 aromatic heterocycles. The lowest BCUT2D eigenvalue weighted by Crippen LogP contribution is -2.27. The van der Waals surface area contributed by atoms with Crippen LogP contribution in [0.15, 0.2) is 29.0 Å². The van der Waals surface area contributed by atoms with Crippen LogP contribution in [0.25, 0.3) is 11.5 Å². The molecule has 0 amide bonds. The fourth-order valence-electron chi connectivity index (χ4n) is 2.74. The van der Waals surface area contributed by atoms with Gasteiger partial charge in [-0.25, -0.2) is 9.97 Å². The molecule has 110 valence electrons. The van der Waals surface area contributed by atoms with Gasteiger partial charge in [0.1, 0.15) is 5.69 Å². The normalized spacial score (nSPS) is 17.5. The molecule has 0 spiro atoms. The molecule has 0 aliphatic heterocycles. The van der Waals surface area contributed by atoms with Crippen LogP contribution in [0.4, 0.5) is 0 Å². The van der Waals surface area contributed by atoms with Crippen LogP contribution < -0.4 is 5.32 Å². The molecular formula is C16H19BrN4. The topological polar surface area (TPSA) is 50.7 Å². The first-order chi connectivity index (χ1) is 10.3. The zero-order valence-corrected chi connectivity index (χ0v) is 13.7. The van der Waals surface area contributed by atoms with Gasteiger partial charge in [-0.1, -0.05) is 6.92 Å². The number of fused-ring (bicyclic) bond motifs is 1. The molecule has 4 nitrogen and oxygen atoms in total. The van der Waals surface area contributed by atoms with Crippen LogP contribution >= 0.6 is 15.9 Å². The van der Waals surface area contributed by atoms with Crippen LogP contribution in [0.5, 0.6) is 0 Å². The van der Waals surface area contributed by atoms with Crippen molar-refractivity contribution in [2.24, 2.45) is 5.92 Å². The van der Waals surface area contributed by atoms with Crippen molar-refractivity contribution in [3.05, 3.63) is 40.3 Å². The van der Waals surface area contributed by atoms with E-state index in [2.05, 4.69) is 38.1 Å². The monoisotopic (exact) mass is 346 g/mol.